The van der Waals surface area contributed by atoms with Crippen molar-refractivity contribution in [1.82, 2.24) is 9.88 Å². The first-order chi connectivity index (χ1) is 9.25. The second kappa shape index (κ2) is 5.14. The predicted molar refractivity (Wildman–Crippen MR) is 81.0 cm³/mol. The highest BCUT2D eigenvalue weighted by atomic mass is 15.1. The normalized spacial score (nSPS) is 16.9. The van der Waals surface area contributed by atoms with E-state index in [2.05, 4.69) is 60.1 Å². The highest BCUT2D eigenvalue weighted by Crippen LogP contribution is 2.27. The first kappa shape index (κ1) is 12.4. The summed E-state index contributed by atoms with van der Waals surface area (Å²) in [5.41, 5.74) is 2.57. The molecule has 19 heavy (non-hydrogen) atoms. The predicted octanol–water partition coefficient (Wildman–Crippen LogP) is 3.73. The van der Waals surface area contributed by atoms with Crippen LogP contribution in [0.3, 0.4) is 0 Å². The van der Waals surface area contributed by atoms with E-state index < -0.39 is 0 Å². The van der Waals surface area contributed by atoms with Crippen molar-refractivity contribution in [2.24, 2.45) is 0 Å². The minimum atomic E-state index is 0.623. The molecule has 0 fully saturated rings. The molecule has 2 aromatic rings. The molecule has 1 aromatic carbocycles. The Balaban J connectivity index is 1.97. The highest BCUT2D eigenvalue weighted by molar-refractivity contribution is 5.92. The van der Waals surface area contributed by atoms with Crippen LogP contribution < -0.4 is 0 Å². The summed E-state index contributed by atoms with van der Waals surface area (Å²) in [6.07, 6.45) is 5.37. The minimum absolute atomic E-state index is 0.623. The third-order valence-corrected chi connectivity index (χ3v) is 3.95. The molecular formula is C17H20N2. The number of hydrogen-bond acceptors (Lipinski definition) is 2. The van der Waals surface area contributed by atoms with Gasteiger partial charge >= 0.3 is 0 Å². The summed E-state index contributed by atoms with van der Waals surface area (Å²) in [5.74, 6) is 0. The smallest absolute Gasteiger partial charge is 0.0737 e. The van der Waals surface area contributed by atoms with Gasteiger partial charge in [-0.3, -0.25) is 9.88 Å². The van der Waals surface area contributed by atoms with Gasteiger partial charge in [0.25, 0.3) is 0 Å². The highest BCUT2D eigenvalue weighted by Gasteiger charge is 2.16. The standard InChI is InChI=1S/C17H20N2/c1-13(2)19-11-8-15(9-12-19)17-16-6-4-3-5-14(16)7-10-18-17/h3-8,10,13H,9,11-12H2,1-2H3. The number of fused-ring (bicyclic) bond motifs is 1. The monoisotopic (exact) mass is 252 g/mol. The van der Waals surface area contributed by atoms with Gasteiger partial charge in [0, 0.05) is 30.7 Å². The zero-order valence-electron chi connectivity index (χ0n) is 11.6. The average Bonchev–Trinajstić information content (AvgIpc) is 2.47. The third-order valence-electron chi connectivity index (χ3n) is 3.95. The van der Waals surface area contributed by atoms with Crippen molar-refractivity contribution >= 4 is 16.3 Å². The lowest BCUT2D eigenvalue weighted by Crippen LogP contribution is -2.34. The quantitative estimate of drug-likeness (QED) is 0.809. The number of rotatable bonds is 2. The molecule has 0 radical (unpaired) electrons. The SMILES string of the molecule is CC(C)N1CC=C(c2nccc3ccccc23)CC1. The first-order valence-corrected chi connectivity index (χ1v) is 7.03. The van der Waals surface area contributed by atoms with Crippen molar-refractivity contribution in [2.75, 3.05) is 13.1 Å². The lowest BCUT2D eigenvalue weighted by Gasteiger charge is -2.29. The van der Waals surface area contributed by atoms with Crippen LogP contribution in [-0.4, -0.2) is 29.0 Å². The zero-order chi connectivity index (χ0) is 13.2. The van der Waals surface area contributed by atoms with Crippen LogP contribution in [0.15, 0.2) is 42.6 Å². The van der Waals surface area contributed by atoms with Crippen molar-refractivity contribution in [3.05, 3.63) is 48.3 Å². The maximum absolute atomic E-state index is 4.61. The van der Waals surface area contributed by atoms with Crippen molar-refractivity contribution < 1.29 is 0 Å². The Kier molecular flexibility index (Phi) is 3.34. The molecule has 0 atom stereocenters. The second-order valence-electron chi connectivity index (χ2n) is 5.45. The molecule has 1 aliphatic rings. The van der Waals surface area contributed by atoms with E-state index in [1.165, 1.54) is 22.0 Å². The van der Waals surface area contributed by atoms with Crippen LogP contribution in [0.25, 0.3) is 16.3 Å². The average molecular weight is 252 g/mol. The summed E-state index contributed by atoms with van der Waals surface area (Å²) in [6.45, 7) is 6.69. The Hall–Kier alpha value is -1.67. The fourth-order valence-electron chi connectivity index (χ4n) is 2.74. The summed E-state index contributed by atoms with van der Waals surface area (Å²) in [7, 11) is 0. The summed E-state index contributed by atoms with van der Waals surface area (Å²) in [4.78, 5) is 7.11. The maximum Gasteiger partial charge on any atom is 0.0737 e. The van der Waals surface area contributed by atoms with Crippen LogP contribution in [0.2, 0.25) is 0 Å². The van der Waals surface area contributed by atoms with Crippen LogP contribution in [0, 0.1) is 0 Å². The van der Waals surface area contributed by atoms with Gasteiger partial charge in [-0.2, -0.15) is 0 Å². The van der Waals surface area contributed by atoms with Gasteiger partial charge in [-0.25, -0.2) is 0 Å². The topological polar surface area (TPSA) is 16.1 Å². The minimum Gasteiger partial charge on any atom is -0.297 e. The van der Waals surface area contributed by atoms with Crippen LogP contribution in [0.4, 0.5) is 0 Å². The maximum atomic E-state index is 4.61. The molecule has 1 aliphatic heterocycles. The van der Waals surface area contributed by atoms with Gasteiger partial charge in [-0.15, -0.1) is 0 Å². The summed E-state index contributed by atoms with van der Waals surface area (Å²) < 4.78 is 0. The molecule has 2 heteroatoms. The molecule has 0 saturated carbocycles. The Morgan fingerprint density at radius 2 is 2.00 bits per heavy atom. The van der Waals surface area contributed by atoms with E-state index in [1.54, 1.807) is 0 Å². The van der Waals surface area contributed by atoms with Crippen LogP contribution in [0.5, 0.6) is 0 Å². The van der Waals surface area contributed by atoms with Gasteiger partial charge in [0.1, 0.15) is 0 Å². The van der Waals surface area contributed by atoms with E-state index in [-0.39, 0.29) is 0 Å². The Morgan fingerprint density at radius 3 is 2.74 bits per heavy atom. The van der Waals surface area contributed by atoms with Crippen molar-refractivity contribution in [3.8, 4) is 0 Å². The van der Waals surface area contributed by atoms with Crippen LogP contribution in [0.1, 0.15) is 26.0 Å². The molecule has 0 unspecified atom stereocenters. The summed E-state index contributed by atoms with van der Waals surface area (Å²) in [5, 5.41) is 2.55. The van der Waals surface area contributed by atoms with Crippen molar-refractivity contribution in [2.45, 2.75) is 26.3 Å². The zero-order valence-corrected chi connectivity index (χ0v) is 11.6. The number of hydrogen-bond donors (Lipinski definition) is 0. The number of aromatic nitrogens is 1. The van der Waals surface area contributed by atoms with E-state index in [0.29, 0.717) is 6.04 Å². The lowest BCUT2D eigenvalue weighted by molar-refractivity contribution is 0.245. The largest absolute Gasteiger partial charge is 0.297 e. The molecule has 2 nitrogen and oxygen atoms in total. The molecular weight excluding hydrogens is 232 g/mol. The van der Waals surface area contributed by atoms with Gasteiger partial charge in [-0.1, -0.05) is 30.3 Å². The number of nitrogens with zero attached hydrogens (tertiary/aromatic N) is 2. The first-order valence-electron chi connectivity index (χ1n) is 7.03. The Bertz CT molecular complexity index is 608. The molecule has 1 aromatic heterocycles. The van der Waals surface area contributed by atoms with E-state index in [4.69, 9.17) is 0 Å². The van der Waals surface area contributed by atoms with Gasteiger partial charge < -0.3 is 0 Å². The summed E-state index contributed by atoms with van der Waals surface area (Å²) >= 11 is 0. The molecule has 0 aliphatic carbocycles. The van der Waals surface area contributed by atoms with Gasteiger partial charge in [0.2, 0.25) is 0 Å². The molecule has 98 valence electrons. The number of pyridine rings is 1. The Labute approximate surface area is 114 Å². The molecule has 0 saturated heterocycles. The van der Waals surface area contributed by atoms with Crippen LogP contribution in [-0.2, 0) is 0 Å². The van der Waals surface area contributed by atoms with Crippen molar-refractivity contribution in [1.29, 1.82) is 0 Å². The molecule has 0 spiro atoms. The van der Waals surface area contributed by atoms with Gasteiger partial charge in [0.15, 0.2) is 0 Å². The molecule has 2 heterocycles. The van der Waals surface area contributed by atoms with E-state index >= 15 is 0 Å². The van der Waals surface area contributed by atoms with E-state index in [0.717, 1.165) is 19.5 Å². The summed E-state index contributed by atoms with van der Waals surface area (Å²) in [6, 6.07) is 11.2. The molecule has 3 rings (SSSR count). The van der Waals surface area contributed by atoms with E-state index in [1.807, 2.05) is 6.20 Å². The molecule has 0 amide bonds. The Morgan fingerprint density at radius 1 is 1.16 bits per heavy atom. The lowest BCUT2D eigenvalue weighted by atomic mass is 9.99. The third kappa shape index (κ3) is 2.41. The fourth-order valence-corrected chi connectivity index (χ4v) is 2.74. The fraction of sp³-hybridized carbons (Fsp3) is 0.353. The molecule has 0 N–H and O–H groups in total. The van der Waals surface area contributed by atoms with Crippen molar-refractivity contribution in [3.63, 3.8) is 0 Å². The number of benzene rings is 1. The second-order valence-corrected chi connectivity index (χ2v) is 5.45. The van der Waals surface area contributed by atoms with Gasteiger partial charge in [0.05, 0.1) is 5.69 Å². The molecule has 0 bridgehead atoms. The van der Waals surface area contributed by atoms with Gasteiger partial charge in [-0.05, 0) is 37.3 Å². The van der Waals surface area contributed by atoms with Crippen LogP contribution >= 0.6 is 0 Å². The van der Waals surface area contributed by atoms with E-state index in [9.17, 15) is 0 Å².